The maximum absolute atomic E-state index is 12.6. The quantitative estimate of drug-likeness (QED) is 0.913. The highest BCUT2D eigenvalue weighted by Gasteiger charge is 2.30. The molecule has 96 valence electrons. The van der Waals surface area contributed by atoms with Gasteiger partial charge >= 0.3 is 6.18 Å². The van der Waals surface area contributed by atoms with Gasteiger partial charge in [-0.25, -0.2) is 4.68 Å². The molecular weight excluding hydrogens is 243 g/mol. The minimum Gasteiger partial charge on any atom is -0.314 e. The van der Waals surface area contributed by atoms with Crippen molar-refractivity contribution in [3.05, 3.63) is 47.8 Å². The smallest absolute Gasteiger partial charge is 0.314 e. The number of hydrogen-bond donors (Lipinski definition) is 1. The summed E-state index contributed by atoms with van der Waals surface area (Å²) in [5.74, 6) is 0. The second-order valence-electron chi connectivity index (χ2n) is 3.81. The van der Waals surface area contributed by atoms with Gasteiger partial charge in [-0.2, -0.15) is 18.3 Å². The minimum absolute atomic E-state index is 0.403. The molecule has 0 fully saturated rings. The molecule has 1 aromatic carbocycles. The molecule has 18 heavy (non-hydrogen) atoms. The molecular formula is C12H12F3N3. The van der Waals surface area contributed by atoms with Gasteiger partial charge in [0.15, 0.2) is 0 Å². The second kappa shape index (κ2) is 4.81. The van der Waals surface area contributed by atoms with E-state index in [1.807, 2.05) is 0 Å². The number of aromatic nitrogens is 2. The van der Waals surface area contributed by atoms with E-state index in [1.54, 1.807) is 25.4 Å². The topological polar surface area (TPSA) is 29.9 Å². The number of halogens is 3. The highest BCUT2D eigenvalue weighted by molar-refractivity contribution is 5.37. The summed E-state index contributed by atoms with van der Waals surface area (Å²) >= 11 is 0. The van der Waals surface area contributed by atoms with Crippen LogP contribution in [-0.2, 0) is 12.7 Å². The number of alkyl halides is 3. The standard InChI is InChI=1S/C12H12F3N3/c1-16-8-11-5-6-17-18(11)10-4-2-3-9(7-10)12(13,14)15/h2-7,16H,8H2,1H3. The van der Waals surface area contributed by atoms with Gasteiger partial charge in [-0.3, -0.25) is 0 Å². The number of hydrogen-bond acceptors (Lipinski definition) is 2. The van der Waals surface area contributed by atoms with Crippen molar-refractivity contribution >= 4 is 0 Å². The zero-order chi connectivity index (χ0) is 13.2. The van der Waals surface area contributed by atoms with Gasteiger partial charge in [-0.05, 0) is 31.3 Å². The highest BCUT2D eigenvalue weighted by atomic mass is 19.4. The van der Waals surface area contributed by atoms with E-state index in [-0.39, 0.29) is 0 Å². The van der Waals surface area contributed by atoms with E-state index in [9.17, 15) is 13.2 Å². The van der Waals surface area contributed by atoms with E-state index in [1.165, 1.54) is 10.7 Å². The molecule has 0 unspecified atom stereocenters. The van der Waals surface area contributed by atoms with Gasteiger partial charge in [0.1, 0.15) is 0 Å². The first kappa shape index (κ1) is 12.6. The number of nitrogens with zero attached hydrogens (tertiary/aromatic N) is 2. The second-order valence-corrected chi connectivity index (χ2v) is 3.81. The van der Waals surface area contributed by atoms with Crippen LogP contribution >= 0.6 is 0 Å². The fourth-order valence-electron chi connectivity index (χ4n) is 1.69. The zero-order valence-electron chi connectivity index (χ0n) is 9.70. The van der Waals surface area contributed by atoms with Crippen LogP contribution in [0.2, 0.25) is 0 Å². The first-order valence-electron chi connectivity index (χ1n) is 5.37. The average molecular weight is 255 g/mol. The Labute approximate surface area is 102 Å². The van der Waals surface area contributed by atoms with E-state index < -0.39 is 11.7 Å². The molecule has 1 N–H and O–H groups in total. The molecule has 0 bridgehead atoms. The lowest BCUT2D eigenvalue weighted by atomic mass is 10.2. The molecule has 0 saturated carbocycles. The SMILES string of the molecule is CNCc1ccnn1-c1cccc(C(F)(F)F)c1. The predicted octanol–water partition coefficient (Wildman–Crippen LogP) is 2.61. The summed E-state index contributed by atoms with van der Waals surface area (Å²) in [6.45, 7) is 0.538. The van der Waals surface area contributed by atoms with Crippen molar-refractivity contribution in [2.45, 2.75) is 12.7 Å². The molecule has 0 atom stereocenters. The Hall–Kier alpha value is -1.82. The van der Waals surface area contributed by atoms with Crippen molar-refractivity contribution in [3.63, 3.8) is 0 Å². The highest BCUT2D eigenvalue weighted by Crippen LogP contribution is 2.30. The maximum atomic E-state index is 12.6. The van der Waals surface area contributed by atoms with Crippen LogP contribution in [0.1, 0.15) is 11.3 Å². The molecule has 0 spiro atoms. The van der Waals surface area contributed by atoms with Crippen LogP contribution < -0.4 is 5.32 Å². The van der Waals surface area contributed by atoms with E-state index in [0.29, 0.717) is 12.2 Å². The molecule has 2 rings (SSSR count). The van der Waals surface area contributed by atoms with Gasteiger partial charge in [0.05, 0.1) is 16.9 Å². The Balaban J connectivity index is 2.42. The molecule has 0 radical (unpaired) electrons. The summed E-state index contributed by atoms with van der Waals surface area (Å²) in [5, 5.41) is 6.98. The third kappa shape index (κ3) is 2.53. The van der Waals surface area contributed by atoms with E-state index in [2.05, 4.69) is 10.4 Å². The molecule has 0 aliphatic carbocycles. The Morgan fingerprint density at radius 2 is 2.06 bits per heavy atom. The zero-order valence-corrected chi connectivity index (χ0v) is 9.70. The molecule has 3 nitrogen and oxygen atoms in total. The Bertz CT molecular complexity index is 531. The van der Waals surface area contributed by atoms with Crippen molar-refractivity contribution in [1.29, 1.82) is 0 Å². The number of benzene rings is 1. The van der Waals surface area contributed by atoms with Gasteiger partial charge in [-0.15, -0.1) is 0 Å². The van der Waals surface area contributed by atoms with Crippen LogP contribution in [0.4, 0.5) is 13.2 Å². The number of nitrogens with one attached hydrogen (secondary N) is 1. The Morgan fingerprint density at radius 3 is 2.72 bits per heavy atom. The van der Waals surface area contributed by atoms with Crippen molar-refractivity contribution in [2.24, 2.45) is 0 Å². The monoisotopic (exact) mass is 255 g/mol. The van der Waals surface area contributed by atoms with E-state index in [4.69, 9.17) is 0 Å². The van der Waals surface area contributed by atoms with E-state index in [0.717, 1.165) is 17.8 Å². The molecule has 1 aromatic heterocycles. The van der Waals surface area contributed by atoms with Gasteiger partial charge in [0, 0.05) is 12.7 Å². The number of rotatable bonds is 3. The minimum atomic E-state index is -4.34. The van der Waals surface area contributed by atoms with Gasteiger partial charge in [-0.1, -0.05) is 6.07 Å². The van der Waals surface area contributed by atoms with Gasteiger partial charge in [0.2, 0.25) is 0 Å². The maximum Gasteiger partial charge on any atom is 0.416 e. The molecule has 0 saturated heterocycles. The molecule has 2 aromatic rings. The third-order valence-corrected chi connectivity index (χ3v) is 2.50. The molecule has 6 heteroatoms. The molecule has 0 aliphatic heterocycles. The summed E-state index contributed by atoms with van der Waals surface area (Å²) < 4.78 is 39.3. The molecule has 0 amide bonds. The van der Waals surface area contributed by atoms with Crippen molar-refractivity contribution in [3.8, 4) is 5.69 Å². The first-order chi connectivity index (χ1) is 8.52. The van der Waals surface area contributed by atoms with Crippen LogP contribution in [0.15, 0.2) is 36.5 Å². The van der Waals surface area contributed by atoms with Crippen LogP contribution in [0.3, 0.4) is 0 Å². The Morgan fingerprint density at radius 1 is 1.28 bits per heavy atom. The van der Waals surface area contributed by atoms with Gasteiger partial charge < -0.3 is 5.32 Å². The summed E-state index contributed by atoms with van der Waals surface area (Å²) in [6, 6.07) is 6.87. The third-order valence-electron chi connectivity index (χ3n) is 2.50. The first-order valence-corrected chi connectivity index (χ1v) is 5.37. The summed E-state index contributed by atoms with van der Waals surface area (Å²) in [5.41, 5.74) is 0.530. The summed E-state index contributed by atoms with van der Waals surface area (Å²) in [7, 11) is 1.77. The lowest BCUT2D eigenvalue weighted by Gasteiger charge is -2.11. The lowest BCUT2D eigenvalue weighted by Crippen LogP contribution is -2.12. The van der Waals surface area contributed by atoms with Crippen molar-refractivity contribution < 1.29 is 13.2 Å². The average Bonchev–Trinajstić information content (AvgIpc) is 2.77. The van der Waals surface area contributed by atoms with E-state index >= 15 is 0 Å². The van der Waals surface area contributed by atoms with Crippen LogP contribution in [0.5, 0.6) is 0 Å². The van der Waals surface area contributed by atoms with Crippen molar-refractivity contribution in [1.82, 2.24) is 15.1 Å². The van der Waals surface area contributed by atoms with Gasteiger partial charge in [0.25, 0.3) is 0 Å². The normalized spacial score (nSPS) is 11.8. The molecule has 1 heterocycles. The van der Waals surface area contributed by atoms with Crippen LogP contribution in [-0.4, -0.2) is 16.8 Å². The van der Waals surface area contributed by atoms with Crippen LogP contribution in [0.25, 0.3) is 5.69 Å². The van der Waals surface area contributed by atoms with Crippen LogP contribution in [0, 0.1) is 0 Å². The fraction of sp³-hybridized carbons (Fsp3) is 0.250. The predicted molar refractivity (Wildman–Crippen MR) is 61.3 cm³/mol. The molecule has 0 aliphatic rings. The lowest BCUT2D eigenvalue weighted by molar-refractivity contribution is -0.137. The summed E-state index contributed by atoms with van der Waals surface area (Å²) in [6.07, 6.45) is -2.78. The summed E-state index contributed by atoms with van der Waals surface area (Å²) in [4.78, 5) is 0. The fourth-order valence-corrected chi connectivity index (χ4v) is 1.69. The Kier molecular flexibility index (Phi) is 3.38. The largest absolute Gasteiger partial charge is 0.416 e. The van der Waals surface area contributed by atoms with Crippen molar-refractivity contribution in [2.75, 3.05) is 7.05 Å².